The van der Waals surface area contributed by atoms with E-state index in [2.05, 4.69) is 0 Å². The highest BCUT2D eigenvalue weighted by Crippen LogP contribution is 2.32. The molecule has 2 aliphatic rings. The first-order valence-corrected chi connectivity index (χ1v) is 6.33. The molecule has 0 aromatic heterocycles. The van der Waals surface area contributed by atoms with E-state index < -0.39 is 55.8 Å². The number of aliphatic hydroxyl groups is 6. The Morgan fingerprint density at radius 2 is 1.75 bits per heavy atom. The highest BCUT2D eigenvalue weighted by molar-refractivity contribution is 4.91. The van der Waals surface area contributed by atoms with Crippen LogP contribution in [0.25, 0.3) is 0 Å². The molecule has 0 aromatic carbocycles. The summed E-state index contributed by atoms with van der Waals surface area (Å²) in [5, 5.41) is 56.9. The molecule has 0 aliphatic carbocycles. The SMILES string of the molecule is OCC1OC(OC2(CO)CC(O)CO2)C(O)C(O)C1O. The fourth-order valence-corrected chi connectivity index (χ4v) is 2.33. The molecule has 7 unspecified atom stereocenters. The molecular formula is C11H20O9. The third-order valence-corrected chi connectivity index (χ3v) is 3.51. The molecule has 0 radical (unpaired) electrons. The van der Waals surface area contributed by atoms with Crippen LogP contribution in [0.3, 0.4) is 0 Å². The van der Waals surface area contributed by atoms with E-state index in [9.17, 15) is 25.5 Å². The van der Waals surface area contributed by atoms with Gasteiger partial charge in [-0.15, -0.1) is 0 Å². The van der Waals surface area contributed by atoms with Crippen molar-refractivity contribution in [3.05, 3.63) is 0 Å². The first-order chi connectivity index (χ1) is 9.42. The molecule has 20 heavy (non-hydrogen) atoms. The molecule has 0 spiro atoms. The molecule has 0 amide bonds. The Bertz CT molecular complexity index is 325. The second-order valence-corrected chi connectivity index (χ2v) is 5.05. The molecule has 0 aromatic rings. The van der Waals surface area contributed by atoms with Crippen LogP contribution in [0.1, 0.15) is 6.42 Å². The first-order valence-electron chi connectivity index (χ1n) is 6.33. The fraction of sp³-hybridized carbons (Fsp3) is 1.00. The standard InChI is InChI=1S/C11H20O9/c12-2-6-7(15)8(16)9(17)10(19-6)20-11(4-13)1-5(14)3-18-11/h5-10,12-17H,1-4H2. The molecule has 2 heterocycles. The zero-order valence-electron chi connectivity index (χ0n) is 10.7. The lowest BCUT2D eigenvalue weighted by molar-refractivity contribution is -0.367. The van der Waals surface area contributed by atoms with Gasteiger partial charge in [0.15, 0.2) is 12.1 Å². The van der Waals surface area contributed by atoms with Crippen LogP contribution in [0.4, 0.5) is 0 Å². The van der Waals surface area contributed by atoms with Gasteiger partial charge < -0.3 is 44.8 Å². The highest BCUT2D eigenvalue weighted by atomic mass is 16.8. The quantitative estimate of drug-likeness (QED) is 0.308. The van der Waals surface area contributed by atoms with Crippen LogP contribution >= 0.6 is 0 Å². The average Bonchev–Trinajstić information content (AvgIpc) is 2.81. The van der Waals surface area contributed by atoms with Crippen LogP contribution in [0, 0.1) is 0 Å². The first kappa shape index (κ1) is 16.0. The summed E-state index contributed by atoms with van der Waals surface area (Å²) in [6, 6.07) is 0. The van der Waals surface area contributed by atoms with E-state index >= 15 is 0 Å². The number of aliphatic hydroxyl groups excluding tert-OH is 6. The van der Waals surface area contributed by atoms with Crippen LogP contribution in [0.15, 0.2) is 0 Å². The fourth-order valence-electron chi connectivity index (χ4n) is 2.33. The minimum Gasteiger partial charge on any atom is -0.394 e. The van der Waals surface area contributed by atoms with Gasteiger partial charge in [-0.2, -0.15) is 0 Å². The molecule has 0 saturated carbocycles. The average molecular weight is 296 g/mol. The van der Waals surface area contributed by atoms with Gasteiger partial charge in [-0.3, -0.25) is 0 Å². The molecule has 2 aliphatic heterocycles. The normalized spacial score (nSPS) is 49.5. The summed E-state index contributed by atoms with van der Waals surface area (Å²) in [6.07, 6.45) is -8.03. The van der Waals surface area contributed by atoms with E-state index in [0.717, 1.165) is 0 Å². The second kappa shape index (κ2) is 6.18. The van der Waals surface area contributed by atoms with Crippen LogP contribution in [0.5, 0.6) is 0 Å². The van der Waals surface area contributed by atoms with Gasteiger partial charge in [0.1, 0.15) is 24.4 Å². The topological polar surface area (TPSA) is 149 Å². The molecule has 118 valence electrons. The zero-order chi connectivity index (χ0) is 14.9. The molecular weight excluding hydrogens is 276 g/mol. The number of hydrogen-bond acceptors (Lipinski definition) is 9. The summed E-state index contributed by atoms with van der Waals surface area (Å²) in [7, 11) is 0. The summed E-state index contributed by atoms with van der Waals surface area (Å²) in [5.41, 5.74) is 0. The lowest BCUT2D eigenvalue weighted by atomic mass is 9.99. The Balaban J connectivity index is 2.07. The zero-order valence-corrected chi connectivity index (χ0v) is 10.7. The summed E-state index contributed by atoms with van der Waals surface area (Å²) in [6.45, 7) is -1.21. The summed E-state index contributed by atoms with van der Waals surface area (Å²) in [5.74, 6) is -1.55. The molecule has 6 N–H and O–H groups in total. The molecule has 7 atom stereocenters. The van der Waals surface area contributed by atoms with Gasteiger partial charge in [0, 0.05) is 6.42 Å². The molecule has 9 heteroatoms. The molecule has 2 saturated heterocycles. The van der Waals surface area contributed by atoms with Gasteiger partial charge in [-0.1, -0.05) is 0 Å². The number of rotatable bonds is 4. The van der Waals surface area contributed by atoms with Crippen molar-refractivity contribution in [3.63, 3.8) is 0 Å². The monoisotopic (exact) mass is 296 g/mol. The van der Waals surface area contributed by atoms with Crippen molar-refractivity contribution in [2.75, 3.05) is 19.8 Å². The smallest absolute Gasteiger partial charge is 0.197 e. The molecule has 9 nitrogen and oxygen atoms in total. The molecule has 2 rings (SSSR count). The van der Waals surface area contributed by atoms with Crippen molar-refractivity contribution in [3.8, 4) is 0 Å². The van der Waals surface area contributed by atoms with Crippen molar-refractivity contribution in [2.45, 2.75) is 49.0 Å². The van der Waals surface area contributed by atoms with E-state index in [1.54, 1.807) is 0 Å². The van der Waals surface area contributed by atoms with E-state index in [1.165, 1.54) is 0 Å². The predicted molar refractivity (Wildman–Crippen MR) is 61.2 cm³/mol. The third kappa shape index (κ3) is 2.96. The Kier molecular flexibility index (Phi) is 4.95. The second-order valence-electron chi connectivity index (χ2n) is 5.05. The predicted octanol–water partition coefficient (Wildman–Crippen LogP) is -3.73. The van der Waals surface area contributed by atoms with Crippen LogP contribution in [-0.2, 0) is 14.2 Å². The molecule has 0 bridgehead atoms. The van der Waals surface area contributed by atoms with E-state index in [0.29, 0.717) is 0 Å². The highest BCUT2D eigenvalue weighted by Gasteiger charge is 2.50. The van der Waals surface area contributed by atoms with Gasteiger partial charge in [0.2, 0.25) is 0 Å². The Labute approximate surface area is 114 Å². The Morgan fingerprint density at radius 1 is 1.05 bits per heavy atom. The van der Waals surface area contributed by atoms with E-state index in [4.69, 9.17) is 19.3 Å². The maximum absolute atomic E-state index is 9.82. The molecule has 2 fully saturated rings. The lowest BCUT2D eigenvalue weighted by Gasteiger charge is -2.42. The van der Waals surface area contributed by atoms with Crippen LogP contribution in [0.2, 0.25) is 0 Å². The maximum Gasteiger partial charge on any atom is 0.197 e. The van der Waals surface area contributed by atoms with E-state index in [1.807, 2.05) is 0 Å². The van der Waals surface area contributed by atoms with Crippen molar-refractivity contribution in [2.24, 2.45) is 0 Å². The number of ether oxygens (including phenoxy) is 3. The number of hydrogen-bond donors (Lipinski definition) is 6. The van der Waals surface area contributed by atoms with Gasteiger partial charge in [-0.25, -0.2) is 0 Å². The van der Waals surface area contributed by atoms with Crippen molar-refractivity contribution in [1.29, 1.82) is 0 Å². The van der Waals surface area contributed by atoms with Crippen molar-refractivity contribution >= 4 is 0 Å². The van der Waals surface area contributed by atoms with Gasteiger partial charge in [0.25, 0.3) is 0 Å². The van der Waals surface area contributed by atoms with Crippen molar-refractivity contribution < 1.29 is 44.8 Å². The van der Waals surface area contributed by atoms with Gasteiger partial charge in [0.05, 0.1) is 25.9 Å². The Morgan fingerprint density at radius 3 is 2.25 bits per heavy atom. The summed E-state index contributed by atoms with van der Waals surface area (Å²) >= 11 is 0. The minimum atomic E-state index is -1.59. The van der Waals surface area contributed by atoms with Crippen molar-refractivity contribution in [1.82, 2.24) is 0 Å². The van der Waals surface area contributed by atoms with Gasteiger partial charge >= 0.3 is 0 Å². The largest absolute Gasteiger partial charge is 0.394 e. The minimum absolute atomic E-state index is 0.0292. The summed E-state index contributed by atoms with van der Waals surface area (Å²) < 4.78 is 15.6. The maximum atomic E-state index is 9.82. The Hall–Kier alpha value is -0.360. The lowest BCUT2D eigenvalue weighted by Crippen LogP contribution is -2.61. The van der Waals surface area contributed by atoms with E-state index in [-0.39, 0.29) is 13.0 Å². The third-order valence-electron chi connectivity index (χ3n) is 3.51. The van der Waals surface area contributed by atoms with Crippen LogP contribution in [-0.4, -0.2) is 93.1 Å². The van der Waals surface area contributed by atoms with Gasteiger partial charge in [-0.05, 0) is 0 Å². The summed E-state index contributed by atoms with van der Waals surface area (Å²) in [4.78, 5) is 0. The van der Waals surface area contributed by atoms with Crippen LogP contribution < -0.4 is 0 Å².